The fourth-order valence-corrected chi connectivity index (χ4v) is 0.0609. The van der Waals surface area contributed by atoms with Gasteiger partial charge in [-0.1, -0.05) is 48.0 Å². The second-order valence-corrected chi connectivity index (χ2v) is 3.57. The Morgan fingerprint density at radius 2 is 1.57 bits per heavy atom. The van der Waals surface area contributed by atoms with Crippen molar-refractivity contribution in [3.63, 3.8) is 0 Å². The molecule has 86 valence electrons. The number of hydrogen-bond acceptors (Lipinski definition) is 1. The second kappa shape index (κ2) is 11.9. The number of guanidine groups is 1. The molecule has 4 N–H and O–H groups in total. The molecule has 0 aromatic carbocycles. The van der Waals surface area contributed by atoms with Gasteiger partial charge < -0.3 is 11.5 Å². The van der Waals surface area contributed by atoms with E-state index in [0.29, 0.717) is 5.41 Å². The first-order valence-electron chi connectivity index (χ1n) is 4.86. The standard InChI is InChI=1S/C6H14.C2H5N3O.C2H6/c1-5-6(2,3)4;3-2(4)5-1-6;1-2/h5H2,1-4H3;1H,(H4,3,4,5,6);1-2H3. The van der Waals surface area contributed by atoms with Gasteiger partial charge in [-0.15, -0.1) is 0 Å². The molecule has 0 aliphatic rings. The van der Waals surface area contributed by atoms with E-state index in [-0.39, 0.29) is 12.4 Å². The molecule has 14 heavy (non-hydrogen) atoms. The minimum absolute atomic E-state index is 0.204. The summed E-state index contributed by atoms with van der Waals surface area (Å²) in [6.45, 7) is 12.9. The number of rotatable bonds is 1. The summed E-state index contributed by atoms with van der Waals surface area (Å²) < 4.78 is 0. The molecular formula is C10H25N3O. The van der Waals surface area contributed by atoms with Crippen LogP contribution in [0.15, 0.2) is 4.99 Å². The molecule has 0 saturated heterocycles. The Balaban J connectivity index is -0.000000147. The molecule has 0 radical (unpaired) electrons. The monoisotopic (exact) mass is 203 g/mol. The Hall–Kier alpha value is -1.06. The number of nitrogens with two attached hydrogens (primary N) is 2. The molecule has 0 heterocycles. The highest BCUT2D eigenvalue weighted by Gasteiger charge is 2.03. The Kier molecular flexibility index (Phi) is 15.9. The largest absolute Gasteiger partial charge is 0.370 e. The second-order valence-electron chi connectivity index (χ2n) is 3.57. The Morgan fingerprint density at radius 3 is 1.57 bits per heavy atom. The van der Waals surface area contributed by atoms with Crippen LogP contribution in [0.1, 0.15) is 48.0 Å². The van der Waals surface area contributed by atoms with Crippen molar-refractivity contribution in [3.05, 3.63) is 0 Å². The molecule has 0 saturated carbocycles. The highest BCUT2D eigenvalue weighted by atomic mass is 16.1. The van der Waals surface area contributed by atoms with Crippen LogP contribution in [-0.4, -0.2) is 12.4 Å². The lowest BCUT2D eigenvalue weighted by atomic mass is 9.94. The predicted molar refractivity (Wildman–Crippen MR) is 63.0 cm³/mol. The average molecular weight is 203 g/mol. The van der Waals surface area contributed by atoms with Crippen molar-refractivity contribution >= 4 is 12.4 Å². The Labute approximate surface area is 87.8 Å². The molecule has 0 aromatic rings. The molecule has 0 rings (SSSR count). The van der Waals surface area contributed by atoms with E-state index >= 15 is 0 Å². The number of carbonyl (C=O) groups is 1. The van der Waals surface area contributed by atoms with Crippen molar-refractivity contribution in [3.8, 4) is 0 Å². The molecule has 4 nitrogen and oxygen atoms in total. The normalized spacial score (nSPS) is 8.43. The van der Waals surface area contributed by atoms with Gasteiger partial charge in [-0.3, -0.25) is 4.79 Å². The van der Waals surface area contributed by atoms with Crippen LogP contribution in [-0.2, 0) is 4.79 Å². The Bertz CT molecular complexity index is 144. The van der Waals surface area contributed by atoms with Gasteiger partial charge in [0.25, 0.3) is 0 Å². The summed E-state index contributed by atoms with van der Waals surface area (Å²) in [5, 5.41) is 0. The van der Waals surface area contributed by atoms with E-state index in [9.17, 15) is 4.79 Å². The minimum Gasteiger partial charge on any atom is -0.370 e. The number of amides is 1. The van der Waals surface area contributed by atoms with Gasteiger partial charge in [-0.25, -0.2) is 0 Å². The molecule has 0 fully saturated rings. The van der Waals surface area contributed by atoms with Crippen molar-refractivity contribution in [1.82, 2.24) is 0 Å². The van der Waals surface area contributed by atoms with Crippen molar-refractivity contribution in [2.24, 2.45) is 21.9 Å². The fraction of sp³-hybridized carbons (Fsp3) is 0.800. The van der Waals surface area contributed by atoms with Gasteiger partial charge >= 0.3 is 0 Å². The molecule has 4 heteroatoms. The molecule has 0 aromatic heterocycles. The van der Waals surface area contributed by atoms with E-state index in [0.717, 1.165) is 0 Å². The zero-order chi connectivity index (χ0) is 12.2. The highest BCUT2D eigenvalue weighted by Crippen LogP contribution is 2.16. The van der Waals surface area contributed by atoms with Gasteiger partial charge in [-0.2, -0.15) is 4.99 Å². The first kappa shape index (κ1) is 18.7. The molecule has 0 aliphatic carbocycles. The van der Waals surface area contributed by atoms with Gasteiger partial charge in [-0.05, 0) is 5.41 Å². The summed E-state index contributed by atoms with van der Waals surface area (Å²) in [5.41, 5.74) is 9.94. The molecule has 0 bridgehead atoms. The SMILES string of the molecule is CC.CCC(C)(C)C.NC(N)=NC=O. The third-order valence-electron chi connectivity index (χ3n) is 1.26. The number of hydrogen-bond donors (Lipinski definition) is 2. The third-order valence-corrected chi connectivity index (χ3v) is 1.26. The zero-order valence-corrected chi connectivity index (χ0v) is 10.3. The van der Waals surface area contributed by atoms with Crippen molar-refractivity contribution in [1.29, 1.82) is 0 Å². The van der Waals surface area contributed by atoms with E-state index in [4.69, 9.17) is 11.5 Å². The van der Waals surface area contributed by atoms with Crippen LogP contribution in [0.2, 0.25) is 0 Å². The maximum absolute atomic E-state index is 9.27. The maximum Gasteiger partial charge on any atom is 0.236 e. The molecule has 0 aliphatic heterocycles. The lowest BCUT2D eigenvalue weighted by Crippen LogP contribution is -2.22. The molecule has 0 spiro atoms. The smallest absolute Gasteiger partial charge is 0.236 e. The summed E-state index contributed by atoms with van der Waals surface area (Å²) >= 11 is 0. The first-order chi connectivity index (χ1) is 6.33. The highest BCUT2D eigenvalue weighted by molar-refractivity contribution is 5.82. The number of nitrogens with zero attached hydrogens (tertiary/aromatic N) is 1. The van der Waals surface area contributed by atoms with Crippen molar-refractivity contribution in [2.45, 2.75) is 48.0 Å². The van der Waals surface area contributed by atoms with Gasteiger partial charge in [0, 0.05) is 0 Å². The van der Waals surface area contributed by atoms with Crippen LogP contribution in [0, 0.1) is 5.41 Å². The van der Waals surface area contributed by atoms with Crippen molar-refractivity contribution in [2.75, 3.05) is 0 Å². The lowest BCUT2D eigenvalue weighted by molar-refractivity contribution is -0.106. The van der Waals surface area contributed by atoms with Crippen molar-refractivity contribution < 1.29 is 4.79 Å². The Morgan fingerprint density at radius 1 is 1.29 bits per heavy atom. The minimum atomic E-state index is -0.204. The van der Waals surface area contributed by atoms with Gasteiger partial charge in [0.05, 0.1) is 0 Å². The molecule has 0 atom stereocenters. The fourth-order valence-electron chi connectivity index (χ4n) is 0.0609. The first-order valence-corrected chi connectivity index (χ1v) is 4.86. The summed E-state index contributed by atoms with van der Waals surface area (Å²) in [4.78, 5) is 12.2. The zero-order valence-electron chi connectivity index (χ0n) is 10.3. The summed E-state index contributed by atoms with van der Waals surface area (Å²) in [5.74, 6) is -0.204. The number of aliphatic imine (C=N–C) groups is 1. The van der Waals surface area contributed by atoms with E-state index in [1.54, 1.807) is 0 Å². The van der Waals surface area contributed by atoms with Gasteiger partial charge in [0.2, 0.25) is 6.41 Å². The average Bonchev–Trinajstić information content (AvgIpc) is 2.07. The van der Waals surface area contributed by atoms with Crippen LogP contribution in [0.5, 0.6) is 0 Å². The lowest BCUT2D eigenvalue weighted by Gasteiger charge is -2.12. The van der Waals surface area contributed by atoms with E-state index in [1.165, 1.54) is 6.42 Å². The third kappa shape index (κ3) is 44.3. The van der Waals surface area contributed by atoms with Gasteiger partial charge in [0.15, 0.2) is 5.96 Å². The van der Waals surface area contributed by atoms with E-state index in [2.05, 4.69) is 32.7 Å². The molecular weight excluding hydrogens is 178 g/mol. The predicted octanol–water partition coefficient (Wildman–Crippen LogP) is 1.88. The van der Waals surface area contributed by atoms with Crippen LogP contribution in [0.25, 0.3) is 0 Å². The maximum atomic E-state index is 9.27. The number of carbonyl (C=O) groups excluding carboxylic acids is 1. The quantitative estimate of drug-likeness (QED) is 0.388. The molecule has 1 amide bonds. The van der Waals surface area contributed by atoms with Crippen LogP contribution in [0.4, 0.5) is 0 Å². The van der Waals surface area contributed by atoms with Gasteiger partial charge in [0.1, 0.15) is 0 Å². The van der Waals surface area contributed by atoms with E-state index in [1.807, 2.05) is 13.8 Å². The molecule has 0 unspecified atom stereocenters. The summed E-state index contributed by atoms with van der Waals surface area (Å²) in [6, 6.07) is 0. The van der Waals surface area contributed by atoms with E-state index < -0.39 is 0 Å². The van der Waals surface area contributed by atoms with Crippen LogP contribution < -0.4 is 11.5 Å². The summed E-state index contributed by atoms with van der Waals surface area (Å²) in [7, 11) is 0. The van der Waals surface area contributed by atoms with Crippen LogP contribution >= 0.6 is 0 Å². The van der Waals surface area contributed by atoms with Crippen LogP contribution in [0.3, 0.4) is 0 Å². The topological polar surface area (TPSA) is 81.5 Å². The summed E-state index contributed by atoms with van der Waals surface area (Å²) in [6.07, 6.45) is 1.56.